The van der Waals surface area contributed by atoms with Gasteiger partial charge in [0.2, 0.25) is 5.91 Å². The topological polar surface area (TPSA) is 77.0 Å². The summed E-state index contributed by atoms with van der Waals surface area (Å²) in [4.78, 5) is 18.8. The maximum absolute atomic E-state index is 12.1. The largest absolute Gasteiger partial charge is 0.386 e. The van der Waals surface area contributed by atoms with Crippen LogP contribution in [0.2, 0.25) is 4.34 Å². The number of thiophene rings is 1. The summed E-state index contributed by atoms with van der Waals surface area (Å²) in [6.45, 7) is 2.18. The van der Waals surface area contributed by atoms with Gasteiger partial charge in [0, 0.05) is 31.6 Å². The van der Waals surface area contributed by atoms with E-state index in [1.54, 1.807) is 19.2 Å². The van der Waals surface area contributed by atoms with Gasteiger partial charge in [-0.2, -0.15) is 0 Å². The second-order valence-corrected chi connectivity index (χ2v) is 7.15. The van der Waals surface area contributed by atoms with E-state index in [9.17, 15) is 9.90 Å². The molecule has 0 saturated carbocycles. The first kappa shape index (κ1) is 18.0. The minimum atomic E-state index is -0.663. The van der Waals surface area contributed by atoms with Crippen molar-refractivity contribution in [2.75, 3.05) is 33.2 Å². The van der Waals surface area contributed by atoms with Gasteiger partial charge in [-0.05, 0) is 31.4 Å². The highest BCUT2D eigenvalue weighted by molar-refractivity contribution is 7.16. The zero-order valence-electron chi connectivity index (χ0n) is 13.2. The number of aliphatic hydroxyl groups is 1. The third-order valence-corrected chi connectivity index (χ3v) is 5.06. The first-order valence-corrected chi connectivity index (χ1v) is 8.95. The molecule has 3 N–H and O–H groups in total. The molecule has 0 aromatic carbocycles. The van der Waals surface area contributed by atoms with Gasteiger partial charge >= 0.3 is 0 Å². The molecule has 1 aliphatic heterocycles. The molecular weight excluding hydrogens is 336 g/mol. The summed E-state index contributed by atoms with van der Waals surface area (Å²) in [6.07, 6.45) is 2.69. The molecule has 2 heterocycles. The van der Waals surface area contributed by atoms with E-state index in [1.807, 2.05) is 4.90 Å². The van der Waals surface area contributed by atoms with E-state index >= 15 is 0 Å². The van der Waals surface area contributed by atoms with Crippen molar-refractivity contribution < 1.29 is 9.90 Å². The summed E-state index contributed by atoms with van der Waals surface area (Å²) in [7, 11) is 1.63. The van der Waals surface area contributed by atoms with Gasteiger partial charge in [-0.15, -0.1) is 11.3 Å². The van der Waals surface area contributed by atoms with Crippen LogP contribution >= 0.6 is 22.9 Å². The zero-order valence-corrected chi connectivity index (χ0v) is 14.8. The predicted octanol–water partition coefficient (Wildman–Crippen LogP) is 1.61. The maximum atomic E-state index is 12.1. The van der Waals surface area contributed by atoms with E-state index < -0.39 is 6.10 Å². The van der Waals surface area contributed by atoms with Crippen molar-refractivity contribution >= 4 is 34.8 Å². The normalized spacial score (nSPS) is 17.0. The third kappa shape index (κ3) is 5.67. The van der Waals surface area contributed by atoms with Crippen molar-refractivity contribution in [2.45, 2.75) is 25.4 Å². The molecule has 8 heteroatoms. The molecule has 0 spiro atoms. The number of aliphatic hydroxyl groups excluding tert-OH is 1. The molecule has 128 valence electrons. The van der Waals surface area contributed by atoms with Crippen LogP contribution < -0.4 is 10.6 Å². The van der Waals surface area contributed by atoms with Crippen molar-refractivity contribution in [3.63, 3.8) is 0 Å². The molecule has 0 radical (unpaired) electrons. The van der Waals surface area contributed by atoms with Crippen molar-refractivity contribution in [1.29, 1.82) is 0 Å². The lowest BCUT2D eigenvalue weighted by Gasteiger charge is -2.27. The van der Waals surface area contributed by atoms with Crippen molar-refractivity contribution in [3.05, 3.63) is 21.3 Å². The number of piperidine rings is 1. The number of carbonyl (C=O) groups is 1. The number of aliphatic imine (C=N–C) groups is 1. The number of likely N-dealkylation sites (tertiary alicyclic amines) is 1. The Morgan fingerprint density at radius 3 is 2.74 bits per heavy atom. The third-order valence-electron chi connectivity index (χ3n) is 3.72. The van der Waals surface area contributed by atoms with Gasteiger partial charge in [0.25, 0.3) is 0 Å². The van der Waals surface area contributed by atoms with Crippen molar-refractivity contribution in [2.24, 2.45) is 4.99 Å². The lowest BCUT2D eigenvalue weighted by Crippen LogP contribution is -2.46. The van der Waals surface area contributed by atoms with Crippen LogP contribution in [0.25, 0.3) is 0 Å². The van der Waals surface area contributed by atoms with Crippen molar-refractivity contribution in [1.82, 2.24) is 15.5 Å². The molecule has 1 saturated heterocycles. The molecule has 2 rings (SSSR count). The molecule has 1 amide bonds. The Morgan fingerprint density at radius 1 is 1.39 bits per heavy atom. The highest BCUT2D eigenvalue weighted by Crippen LogP contribution is 2.26. The maximum Gasteiger partial charge on any atom is 0.241 e. The number of halogens is 1. The molecule has 1 fully saturated rings. The van der Waals surface area contributed by atoms with Gasteiger partial charge in [-0.25, -0.2) is 0 Å². The molecule has 0 aliphatic carbocycles. The SMILES string of the molecule is CN=C(NCC(=O)N1CCCCC1)NCC(O)c1ccc(Cl)s1. The standard InChI is InChI=1S/C15H23ClN4O2S/c1-17-15(18-9-11(21)12-5-6-13(16)23-12)19-10-14(22)20-7-3-2-4-8-20/h5-6,11,21H,2-4,7-10H2,1H3,(H2,17,18,19). The molecule has 23 heavy (non-hydrogen) atoms. The first-order valence-electron chi connectivity index (χ1n) is 7.75. The van der Waals surface area contributed by atoms with Crippen LogP contribution in [0.15, 0.2) is 17.1 Å². The zero-order chi connectivity index (χ0) is 16.7. The Bertz CT molecular complexity index is 543. The highest BCUT2D eigenvalue weighted by Gasteiger charge is 2.17. The molecule has 0 bridgehead atoms. The molecule has 1 unspecified atom stereocenters. The first-order chi connectivity index (χ1) is 11.1. The molecule has 1 aromatic heterocycles. The van der Waals surface area contributed by atoms with Gasteiger partial charge in [-0.1, -0.05) is 11.6 Å². The molecule has 1 aliphatic rings. The fourth-order valence-corrected chi connectivity index (χ4v) is 3.48. The van der Waals surface area contributed by atoms with Gasteiger partial charge in [0.05, 0.1) is 10.9 Å². The van der Waals surface area contributed by atoms with E-state index in [0.29, 0.717) is 16.8 Å². The second kappa shape index (κ2) is 9.10. The van der Waals surface area contributed by atoms with E-state index in [1.165, 1.54) is 17.8 Å². The smallest absolute Gasteiger partial charge is 0.241 e. The van der Waals surface area contributed by atoms with Crippen LogP contribution in [0.5, 0.6) is 0 Å². The predicted molar refractivity (Wildman–Crippen MR) is 94.1 cm³/mol. The Balaban J connectivity index is 1.73. The van der Waals surface area contributed by atoms with E-state index in [0.717, 1.165) is 30.8 Å². The summed E-state index contributed by atoms with van der Waals surface area (Å²) in [5.41, 5.74) is 0. The lowest BCUT2D eigenvalue weighted by molar-refractivity contribution is -0.130. The number of nitrogens with one attached hydrogen (secondary N) is 2. The van der Waals surface area contributed by atoms with E-state index in [-0.39, 0.29) is 12.5 Å². The number of amides is 1. The summed E-state index contributed by atoms with van der Waals surface area (Å²) >= 11 is 7.21. The van der Waals surface area contributed by atoms with Crippen LogP contribution in [0.4, 0.5) is 0 Å². The van der Waals surface area contributed by atoms with Gasteiger partial charge in [0.15, 0.2) is 5.96 Å². The Kier molecular flexibility index (Phi) is 7.14. The Morgan fingerprint density at radius 2 is 2.13 bits per heavy atom. The van der Waals surface area contributed by atoms with Gasteiger partial charge < -0.3 is 20.6 Å². The summed E-state index contributed by atoms with van der Waals surface area (Å²) in [6, 6.07) is 3.56. The fraction of sp³-hybridized carbons (Fsp3) is 0.600. The van der Waals surface area contributed by atoms with Crippen LogP contribution in [0.3, 0.4) is 0 Å². The van der Waals surface area contributed by atoms with Crippen LogP contribution in [-0.2, 0) is 4.79 Å². The van der Waals surface area contributed by atoms with Crippen LogP contribution in [0, 0.1) is 0 Å². The number of guanidine groups is 1. The molecule has 6 nitrogen and oxygen atoms in total. The monoisotopic (exact) mass is 358 g/mol. The van der Waals surface area contributed by atoms with Crippen molar-refractivity contribution in [3.8, 4) is 0 Å². The Hall–Kier alpha value is -1.31. The average molecular weight is 359 g/mol. The quantitative estimate of drug-likeness (QED) is 0.552. The number of nitrogens with zero attached hydrogens (tertiary/aromatic N) is 2. The fourth-order valence-electron chi connectivity index (χ4n) is 2.44. The lowest BCUT2D eigenvalue weighted by atomic mass is 10.1. The minimum Gasteiger partial charge on any atom is -0.386 e. The van der Waals surface area contributed by atoms with Crippen LogP contribution in [0.1, 0.15) is 30.2 Å². The Labute approximate surface area is 145 Å². The summed E-state index contributed by atoms with van der Waals surface area (Å²) < 4.78 is 0.647. The molecule has 1 atom stereocenters. The number of rotatable bonds is 5. The number of hydrogen-bond donors (Lipinski definition) is 3. The minimum absolute atomic E-state index is 0.0817. The molecular formula is C15H23ClN4O2S. The van der Waals surface area contributed by atoms with Gasteiger partial charge in [-0.3, -0.25) is 9.79 Å². The van der Waals surface area contributed by atoms with E-state index in [2.05, 4.69) is 15.6 Å². The summed E-state index contributed by atoms with van der Waals surface area (Å²) in [5, 5.41) is 16.1. The van der Waals surface area contributed by atoms with E-state index in [4.69, 9.17) is 11.6 Å². The summed E-state index contributed by atoms with van der Waals surface area (Å²) in [5.74, 6) is 0.579. The highest BCUT2D eigenvalue weighted by atomic mass is 35.5. The number of carbonyl (C=O) groups excluding carboxylic acids is 1. The second-order valence-electron chi connectivity index (χ2n) is 5.41. The average Bonchev–Trinajstić information content (AvgIpc) is 3.02. The van der Waals surface area contributed by atoms with Gasteiger partial charge in [0.1, 0.15) is 6.10 Å². The van der Waals surface area contributed by atoms with Crippen LogP contribution in [-0.4, -0.2) is 55.1 Å². The number of hydrogen-bond acceptors (Lipinski definition) is 4. The molecule has 1 aromatic rings.